The van der Waals surface area contributed by atoms with Crippen molar-refractivity contribution in [1.29, 1.82) is 0 Å². The predicted molar refractivity (Wildman–Crippen MR) is 81.3 cm³/mol. The maximum absolute atomic E-state index is 11.4. The van der Waals surface area contributed by atoms with Gasteiger partial charge < -0.3 is 20.9 Å². The molecule has 0 unspecified atom stereocenters. The van der Waals surface area contributed by atoms with Crippen LogP contribution < -0.4 is 16.0 Å². The highest BCUT2D eigenvalue weighted by molar-refractivity contribution is 5.73. The van der Waals surface area contributed by atoms with Gasteiger partial charge in [0.2, 0.25) is 0 Å². The van der Waals surface area contributed by atoms with Crippen LogP contribution in [0.4, 0.5) is 16.4 Å². The van der Waals surface area contributed by atoms with Gasteiger partial charge in [-0.25, -0.2) is 14.8 Å². The van der Waals surface area contributed by atoms with Gasteiger partial charge in [-0.15, -0.1) is 0 Å². The fraction of sp³-hybridized carbons (Fsp3) is 0.615. The first-order valence-corrected chi connectivity index (χ1v) is 6.73. The molecule has 3 N–H and O–H groups in total. The van der Waals surface area contributed by atoms with E-state index in [2.05, 4.69) is 25.9 Å². The molecule has 0 aliphatic heterocycles. The molecule has 0 spiro atoms. The number of nitrogens with one attached hydrogen (secondary N) is 3. The second-order valence-electron chi connectivity index (χ2n) is 4.62. The summed E-state index contributed by atoms with van der Waals surface area (Å²) in [6.45, 7) is 5.14. The molecule has 0 atom stereocenters. The number of hydrogen-bond donors (Lipinski definition) is 3. The van der Waals surface area contributed by atoms with Gasteiger partial charge in [0.05, 0.1) is 0 Å². The molecule has 0 saturated heterocycles. The SMILES string of the molecule is CCc1nc(NC)c(C)c(NCCNC(=O)N(C)C)n1. The van der Waals surface area contributed by atoms with Gasteiger partial charge in [-0.2, -0.15) is 0 Å². The topological polar surface area (TPSA) is 82.2 Å². The van der Waals surface area contributed by atoms with Gasteiger partial charge in [-0.05, 0) is 6.92 Å². The van der Waals surface area contributed by atoms with E-state index < -0.39 is 0 Å². The summed E-state index contributed by atoms with van der Waals surface area (Å²) in [6.07, 6.45) is 0.779. The average molecular weight is 280 g/mol. The molecule has 0 saturated carbocycles. The van der Waals surface area contributed by atoms with Crippen LogP contribution in [0.3, 0.4) is 0 Å². The zero-order valence-electron chi connectivity index (χ0n) is 12.9. The lowest BCUT2D eigenvalue weighted by Gasteiger charge is -2.15. The Labute approximate surface area is 120 Å². The van der Waals surface area contributed by atoms with Crippen LogP contribution in [-0.2, 0) is 6.42 Å². The van der Waals surface area contributed by atoms with Crippen molar-refractivity contribution in [3.05, 3.63) is 11.4 Å². The van der Waals surface area contributed by atoms with E-state index in [0.29, 0.717) is 13.1 Å². The Hall–Kier alpha value is -2.05. The smallest absolute Gasteiger partial charge is 0.316 e. The molecule has 112 valence electrons. The van der Waals surface area contributed by atoms with Crippen LogP contribution in [0.2, 0.25) is 0 Å². The van der Waals surface area contributed by atoms with Crippen molar-refractivity contribution >= 4 is 17.7 Å². The first kappa shape index (κ1) is 16.0. The highest BCUT2D eigenvalue weighted by Crippen LogP contribution is 2.19. The standard InChI is InChI=1S/C13H24N6O/c1-6-10-17-11(14-3)9(2)12(18-10)15-7-8-16-13(20)19(4)5/h6-8H2,1-5H3,(H,16,20)(H2,14,15,17,18). The Bertz CT molecular complexity index is 460. The molecule has 20 heavy (non-hydrogen) atoms. The second-order valence-corrected chi connectivity index (χ2v) is 4.62. The summed E-state index contributed by atoms with van der Waals surface area (Å²) in [5.41, 5.74) is 0.976. The molecule has 1 rings (SSSR count). The molecule has 1 aromatic heterocycles. The van der Waals surface area contributed by atoms with Crippen LogP contribution >= 0.6 is 0 Å². The molecule has 0 aliphatic carbocycles. The summed E-state index contributed by atoms with van der Waals surface area (Å²) in [4.78, 5) is 21.8. The molecule has 0 aromatic carbocycles. The lowest BCUT2D eigenvalue weighted by molar-refractivity contribution is 0.218. The highest BCUT2D eigenvalue weighted by Gasteiger charge is 2.09. The van der Waals surface area contributed by atoms with Crippen molar-refractivity contribution in [3.63, 3.8) is 0 Å². The first-order valence-electron chi connectivity index (χ1n) is 6.73. The molecular weight excluding hydrogens is 256 g/mol. The van der Waals surface area contributed by atoms with Gasteiger partial charge in [-0.3, -0.25) is 0 Å². The average Bonchev–Trinajstić information content (AvgIpc) is 2.44. The Morgan fingerprint density at radius 3 is 2.40 bits per heavy atom. The van der Waals surface area contributed by atoms with Crippen molar-refractivity contribution < 1.29 is 4.79 Å². The minimum atomic E-state index is -0.101. The summed E-state index contributed by atoms with van der Waals surface area (Å²) in [7, 11) is 5.27. The maximum Gasteiger partial charge on any atom is 0.316 e. The summed E-state index contributed by atoms with van der Waals surface area (Å²) in [5.74, 6) is 2.43. The van der Waals surface area contributed by atoms with E-state index in [1.807, 2.05) is 20.9 Å². The Kier molecular flexibility index (Phi) is 6.02. The number of amides is 2. The summed E-state index contributed by atoms with van der Waals surface area (Å²) >= 11 is 0. The molecule has 1 aromatic rings. The number of aryl methyl sites for hydroxylation is 1. The van der Waals surface area contributed by atoms with Crippen LogP contribution in [0.15, 0.2) is 0 Å². The number of aromatic nitrogens is 2. The molecule has 0 bridgehead atoms. The van der Waals surface area contributed by atoms with Crippen molar-refractivity contribution in [2.45, 2.75) is 20.3 Å². The zero-order chi connectivity index (χ0) is 15.1. The van der Waals surface area contributed by atoms with Crippen LogP contribution in [0.1, 0.15) is 18.3 Å². The fourth-order valence-electron chi connectivity index (χ4n) is 1.65. The Morgan fingerprint density at radius 2 is 1.85 bits per heavy atom. The monoisotopic (exact) mass is 280 g/mol. The normalized spacial score (nSPS) is 10.1. The number of anilines is 2. The van der Waals surface area contributed by atoms with E-state index in [4.69, 9.17) is 0 Å². The van der Waals surface area contributed by atoms with Gasteiger partial charge in [0.15, 0.2) is 0 Å². The number of carbonyl (C=O) groups is 1. The van der Waals surface area contributed by atoms with Crippen LogP contribution in [0.25, 0.3) is 0 Å². The number of urea groups is 1. The molecule has 0 fully saturated rings. The molecule has 2 amide bonds. The predicted octanol–water partition coefficient (Wildman–Crippen LogP) is 1.07. The lowest BCUT2D eigenvalue weighted by atomic mass is 10.3. The minimum Gasteiger partial charge on any atom is -0.373 e. The number of hydrogen-bond acceptors (Lipinski definition) is 5. The number of nitrogens with zero attached hydrogens (tertiary/aromatic N) is 3. The minimum absolute atomic E-state index is 0.101. The molecule has 7 nitrogen and oxygen atoms in total. The molecule has 0 radical (unpaired) electrons. The van der Waals surface area contributed by atoms with E-state index >= 15 is 0 Å². The largest absolute Gasteiger partial charge is 0.373 e. The van der Waals surface area contributed by atoms with Crippen LogP contribution in [0.5, 0.6) is 0 Å². The van der Waals surface area contributed by atoms with Crippen molar-refractivity contribution in [2.24, 2.45) is 0 Å². The van der Waals surface area contributed by atoms with Crippen LogP contribution in [-0.4, -0.2) is 55.1 Å². The van der Waals surface area contributed by atoms with Crippen molar-refractivity contribution in [3.8, 4) is 0 Å². The summed E-state index contributed by atoms with van der Waals surface area (Å²) in [5, 5.41) is 9.09. The Morgan fingerprint density at radius 1 is 1.20 bits per heavy atom. The number of rotatable bonds is 6. The maximum atomic E-state index is 11.4. The van der Waals surface area contributed by atoms with Gasteiger partial charge in [0.25, 0.3) is 0 Å². The van der Waals surface area contributed by atoms with Crippen LogP contribution in [0, 0.1) is 6.92 Å². The number of carbonyl (C=O) groups excluding carboxylic acids is 1. The third-order valence-corrected chi connectivity index (χ3v) is 2.85. The molecule has 7 heteroatoms. The zero-order valence-corrected chi connectivity index (χ0v) is 12.9. The van der Waals surface area contributed by atoms with Gasteiger partial charge in [-0.1, -0.05) is 6.92 Å². The first-order chi connectivity index (χ1) is 9.49. The Balaban J connectivity index is 2.61. The van der Waals surface area contributed by atoms with E-state index in [1.54, 1.807) is 14.1 Å². The second kappa shape index (κ2) is 7.52. The molecular formula is C13H24N6O. The van der Waals surface area contributed by atoms with E-state index in [-0.39, 0.29) is 6.03 Å². The van der Waals surface area contributed by atoms with E-state index in [0.717, 1.165) is 29.4 Å². The third-order valence-electron chi connectivity index (χ3n) is 2.85. The van der Waals surface area contributed by atoms with Crippen molar-refractivity contribution in [1.82, 2.24) is 20.2 Å². The molecule has 1 heterocycles. The fourth-order valence-corrected chi connectivity index (χ4v) is 1.65. The molecule has 0 aliphatic rings. The quantitative estimate of drug-likeness (QED) is 0.679. The van der Waals surface area contributed by atoms with E-state index in [1.165, 1.54) is 4.90 Å². The summed E-state index contributed by atoms with van der Waals surface area (Å²) < 4.78 is 0. The van der Waals surface area contributed by atoms with Gasteiger partial charge in [0, 0.05) is 46.2 Å². The third kappa shape index (κ3) is 4.25. The van der Waals surface area contributed by atoms with Crippen molar-refractivity contribution in [2.75, 3.05) is 44.9 Å². The van der Waals surface area contributed by atoms with Gasteiger partial charge in [0.1, 0.15) is 17.5 Å². The van der Waals surface area contributed by atoms with E-state index in [9.17, 15) is 4.79 Å². The highest BCUT2D eigenvalue weighted by atomic mass is 16.2. The summed E-state index contributed by atoms with van der Waals surface area (Å²) in [6, 6.07) is -0.101. The lowest BCUT2D eigenvalue weighted by Crippen LogP contribution is -2.37. The van der Waals surface area contributed by atoms with Gasteiger partial charge >= 0.3 is 6.03 Å².